The molecule has 0 aliphatic heterocycles. The van der Waals surface area contributed by atoms with E-state index in [-0.39, 0.29) is 6.04 Å². The molecule has 0 fully saturated rings. The number of rotatable bonds is 3. The van der Waals surface area contributed by atoms with Crippen LogP contribution in [-0.4, -0.2) is 14.8 Å². The summed E-state index contributed by atoms with van der Waals surface area (Å²) in [4.78, 5) is 3.91. The van der Waals surface area contributed by atoms with E-state index in [2.05, 4.69) is 17.0 Å². The summed E-state index contributed by atoms with van der Waals surface area (Å²) >= 11 is 0. The Hall–Kier alpha value is -1.68. The van der Waals surface area contributed by atoms with Crippen LogP contribution in [0, 0.1) is 0 Å². The molecular formula is C11H14N4. The van der Waals surface area contributed by atoms with Gasteiger partial charge in [0, 0.05) is 6.04 Å². The zero-order valence-electron chi connectivity index (χ0n) is 8.67. The molecule has 0 bridgehead atoms. The molecule has 15 heavy (non-hydrogen) atoms. The Morgan fingerprint density at radius 3 is 3.00 bits per heavy atom. The van der Waals surface area contributed by atoms with Crippen LogP contribution >= 0.6 is 0 Å². The average Bonchev–Trinajstić information content (AvgIpc) is 2.82. The van der Waals surface area contributed by atoms with E-state index in [0.29, 0.717) is 0 Å². The van der Waals surface area contributed by atoms with Gasteiger partial charge in [-0.15, -0.1) is 0 Å². The highest BCUT2D eigenvalue weighted by Gasteiger charge is 2.04. The predicted molar refractivity (Wildman–Crippen MR) is 58.6 cm³/mol. The van der Waals surface area contributed by atoms with Gasteiger partial charge >= 0.3 is 0 Å². The van der Waals surface area contributed by atoms with Gasteiger partial charge < -0.3 is 5.73 Å². The first-order chi connectivity index (χ1) is 7.31. The van der Waals surface area contributed by atoms with E-state index >= 15 is 0 Å². The summed E-state index contributed by atoms with van der Waals surface area (Å²) in [7, 11) is 0. The van der Waals surface area contributed by atoms with Gasteiger partial charge in [0.15, 0.2) is 0 Å². The monoisotopic (exact) mass is 202 g/mol. The Balaban J connectivity index is 2.35. The first kappa shape index (κ1) is 9.86. The van der Waals surface area contributed by atoms with Crippen LogP contribution < -0.4 is 5.73 Å². The molecule has 0 saturated carbocycles. The van der Waals surface area contributed by atoms with Gasteiger partial charge in [0.2, 0.25) is 0 Å². The van der Waals surface area contributed by atoms with Crippen LogP contribution in [0.15, 0.2) is 36.9 Å². The molecule has 1 aromatic carbocycles. The molecule has 0 aliphatic rings. The maximum atomic E-state index is 5.97. The highest BCUT2D eigenvalue weighted by molar-refractivity contribution is 5.35. The molecule has 1 unspecified atom stereocenters. The molecular weight excluding hydrogens is 188 g/mol. The standard InChI is InChI=1S/C11H14N4/c1-2-11(12)9-4-3-5-10(6-9)15-8-13-7-14-15/h3-8,11H,2,12H2,1H3. The molecule has 2 rings (SSSR count). The second kappa shape index (κ2) is 4.23. The van der Waals surface area contributed by atoms with E-state index in [0.717, 1.165) is 17.7 Å². The maximum Gasteiger partial charge on any atom is 0.138 e. The lowest BCUT2D eigenvalue weighted by Crippen LogP contribution is -2.09. The Morgan fingerprint density at radius 2 is 2.33 bits per heavy atom. The summed E-state index contributed by atoms with van der Waals surface area (Å²) in [5, 5.41) is 4.08. The number of hydrogen-bond donors (Lipinski definition) is 1. The zero-order valence-corrected chi connectivity index (χ0v) is 8.67. The van der Waals surface area contributed by atoms with E-state index in [1.165, 1.54) is 6.33 Å². The van der Waals surface area contributed by atoms with Crippen molar-refractivity contribution in [1.29, 1.82) is 0 Å². The van der Waals surface area contributed by atoms with E-state index in [9.17, 15) is 0 Å². The SMILES string of the molecule is CCC(N)c1cccc(-n2cncn2)c1. The third kappa shape index (κ3) is 2.05. The van der Waals surface area contributed by atoms with Gasteiger partial charge in [0.25, 0.3) is 0 Å². The number of hydrogen-bond acceptors (Lipinski definition) is 3. The van der Waals surface area contributed by atoms with Crippen LogP contribution in [-0.2, 0) is 0 Å². The highest BCUT2D eigenvalue weighted by atomic mass is 15.3. The van der Waals surface area contributed by atoms with Crippen LogP contribution in [0.3, 0.4) is 0 Å². The van der Waals surface area contributed by atoms with E-state index in [1.807, 2.05) is 24.3 Å². The van der Waals surface area contributed by atoms with Crippen LogP contribution in [0.1, 0.15) is 24.9 Å². The van der Waals surface area contributed by atoms with Crippen molar-refractivity contribution in [2.75, 3.05) is 0 Å². The second-order valence-electron chi connectivity index (χ2n) is 3.45. The third-order valence-electron chi connectivity index (χ3n) is 2.42. The second-order valence-corrected chi connectivity index (χ2v) is 3.45. The lowest BCUT2D eigenvalue weighted by atomic mass is 10.1. The minimum atomic E-state index is 0.0912. The molecule has 2 N–H and O–H groups in total. The van der Waals surface area contributed by atoms with Crippen molar-refractivity contribution in [2.45, 2.75) is 19.4 Å². The molecule has 78 valence electrons. The fraction of sp³-hybridized carbons (Fsp3) is 0.273. The molecule has 0 spiro atoms. The van der Waals surface area contributed by atoms with Gasteiger partial charge in [-0.2, -0.15) is 5.10 Å². The highest BCUT2D eigenvalue weighted by Crippen LogP contribution is 2.16. The van der Waals surface area contributed by atoms with Crippen molar-refractivity contribution in [3.8, 4) is 5.69 Å². The summed E-state index contributed by atoms with van der Waals surface area (Å²) < 4.78 is 1.73. The van der Waals surface area contributed by atoms with Crippen molar-refractivity contribution < 1.29 is 0 Å². The van der Waals surface area contributed by atoms with Crippen molar-refractivity contribution in [2.24, 2.45) is 5.73 Å². The summed E-state index contributed by atoms with van der Waals surface area (Å²) in [5.74, 6) is 0. The maximum absolute atomic E-state index is 5.97. The summed E-state index contributed by atoms with van der Waals surface area (Å²) in [6, 6.07) is 8.15. The molecule has 0 amide bonds. The van der Waals surface area contributed by atoms with Gasteiger partial charge in [-0.25, -0.2) is 9.67 Å². The molecule has 4 heteroatoms. The van der Waals surface area contributed by atoms with Gasteiger partial charge in [0.05, 0.1) is 5.69 Å². The van der Waals surface area contributed by atoms with E-state index in [4.69, 9.17) is 5.73 Å². The largest absolute Gasteiger partial charge is 0.324 e. The molecule has 1 aromatic heterocycles. The average molecular weight is 202 g/mol. The van der Waals surface area contributed by atoms with Gasteiger partial charge in [-0.3, -0.25) is 0 Å². The Labute approximate surface area is 88.8 Å². The third-order valence-corrected chi connectivity index (χ3v) is 2.42. The number of nitrogens with zero attached hydrogens (tertiary/aromatic N) is 3. The van der Waals surface area contributed by atoms with Crippen molar-refractivity contribution in [1.82, 2.24) is 14.8 Å². The van der Waals surface area contributed by atoms with Crippen molar-refractivity contribution in [3.63, 3.8) is 0 Å². The minimum absolute atomic E-state index is 0.0912. The Kier molecular flexibility index (Phi) is 2.78. The molecule has 0 radical (unpaired) electrons. The van der Waals surface area contributed by atoms with Gasteiger partial charge in [-0.1, -0.05) is 19.1 Å². The quantitative estimate of drug-likeness (QED) is 0.823. The van der Waals surface area contributed by atoms with Crippen LogP contribution in [0.4, 0.5) is 0 Å². The van der Waals surface area contributed by atoms with Crippen molar-refractivity contribution >= 4 is 0 Å². The Morgan fingerprint density at radius 1 is 1.47 bits per heavy atom. The first-order valence-electron chi connectivity index (χ1n) is 5.02. The van der Waals surface area contributed by atoms with E-state index < -0.39 is 0 Å². The topological polar surface area (TPSA) is 56.7 Å². The van der Waals surface area contributed by atoms with Crippen molar-refractivity contribution in [3.05, 3.63) is 42.5 Å². The molecule has 1 atom stereocenters. The Bertz CT molecular complexity index is 422. The predicted octanol–water partition coefficient (Wildman–Crippen LogP) is 1.68. The summed E-state index contributed by atoms with van der Waals surface area (Å²) in [6.45, 7) is 2.08. The summed E-state index contributed by atoms with van der Waals surface area (Å²) in [5.41, 5.74) is 8.10. The molecule has 0 saturated heterocycles. The van der Waals surface area contributed by atoms with Crippen LogP contribution in [0.5, 0.6) is 0 Å². The first-order valence-corrected chi connectivity index (χ1v) is 5.02. The van der Waals surface area contributed by atoms with E-state index in [1.54, 1.807) is 11.0 Å². The molecule has 1 heterocycles. The number of aromatic nitrogens is 3. The minimum Gasteiger partial charge on any atom is -0.324 e. The zero-order chi connectivity index (χ0) is 10.7. The lowest BCUT2D eigenvalue weighted by Gasteiger charge is -2.10. The number of nitrogens with two attached hydrogens (primary N) is 1. The lowest BCUT2D eigenvalue weighted by molar-refractivity contribution is 0.697. The summed E-state index contributed by atoms with van der Waals surface area (Å²) in [6.07, 6.45) is 4.13. The van der Waals surface area contributed by atoms with Crippen LogP contribution in [0.25, 0.3) is 5.69 Å². The molecule has 2 aromatic rings. The molecule has 4 nitrogen and oxygen atoms in total. The van der Waals surface area contributed by atoms with Crippen LogP contribution in [0.2, 0.25) is 0 Å². The molecule has 0 aliphatic carbocycles. The normalized spacial score (nSPS) is 12.7. The number of benzene rings is 1. The smallest absolute Gasteiger partial charge is 0.138 e. The fourth-order valence-electron chi connectivity index (χ4n) is 1.48. The fourth-order valence-corrected chi connectivity index (χ4v) is 1.48. The van der Waals surface area contributed by atoms with Gasteiger partial charge in [0.1, 0.15) is 12.7 Å². The van der Waals surface area contributed by atoms with Gasteiger partial charge in [-0.05, 0) is 24.1 Å².